The number of hydrogen-bond acceptors (Lipinski definition) is 4. The van der Waals surface area contributed by atoms with E-state index in [1.807, 2.05) is 23.6 Å². The SMILES string of the molecule is N#Cc1cc(C(=O)Nc2nccc3sccc23)c[nH]1. The van der Waals surface area contributed by atoms with Crippen LogP contribution in [0.3, 0.4) is 0 Å². The van der Waals surface area contributed by atoms with E-state index in [0.29, 0.717) is 17.1 Å². The molecule has 3 aromatic rings. The van der Waals surface area contributed by atoms with Crippen LogP contribution in [0.4, 0.5) is 5.82 Å². The van der Waals surface area contributed by atoms with Crippen LogP contribution in [0.25, 0.3) is 10.1 Å². The number of pyridine rings is 1. The Hall–Kier alpha value is -2.65. The van der Waals surface area contributed by atoms with Gasteiger partial charge in [0.2, 0.25) is 0 Å². The fourth-order valence-corrected chi connectivity index (χ4v) is 2.55. The lowest BCUT2D eigenvalue weighted by Gasteiger charge is -2.03. The van der Waals surface area contributed by atoms with Crippen molar-refractivity contribution in [3.8, 4) is 6.07 Å². The molecule has 0 aromatic carbocycles. The molecular formula is C13H8N4OS. The molecule has 0 bridgehead atoms. The molecule has 1 amide bonds. The first-order valence-corrected chi connectivity index (χ1v) is 6.38. The Bertz CT molecular complexity index is 796. The lowest BCUT2D eigenvalue weighted by molar-refractivity contribution is 0.102. The first-order chi connectivity index (χ1) is 9.28. The molecule has 0 aliphatic carbocycles. The van der Waals surface area contributed by atoms with Crippen LogP contribution >= 0.6 is 11.3 Å². The van der Waals surface area contributed by atoms with Crippen molar-refractivity contribution in [3.05, 3.63) is 47.2 Å². The van der Waals surface area contributed by atoms with E-state index in [4.69, 9.17) is 5.26 Å². The summed E-state index contributed by atoms with van der Waals surface area (Å²) in [4.78, 5) is 18.9. The summed E-state index contributed by atoms with van der Waals surface area (Å²) in [6.45, 7) is 0. The Balaban J connectivity index is 1.91. The number of nitriles is 1. The number of hydrogen-bond donors (Lipinski definition) is 2. The van der Waals surface area contributed by atoms with Crippen LogP contribution in [-0.4, -0.2) is 15.9 Å². The number of amides is 1. The van der Waals surface area contributed by atoms with E-state index in [1.165, 1.54) is 12.3 Å². The largest absolute Gasteiger partial charge is 0.352 e. The Kier molecular flexibility index (Phi) is 2.74. The first-order valence-electron chi connectivity index (χ1n) is 5.50. The molecule has 0 saturated carbocycles. The van der Waals surface area contributed by atoms with Gasteiger partial charge in [0.05, 0.1) is 5.56 Å². The second-order valence-electron chi connectivity index (χ2n) is 3.86. The number of aromatic nitrogens is 2. The number of fused-ring (bicyclic) bond motifs is 1. The topological polar surface area (TPSA) is 81.6 Å². The molecule has 2 N–H and O–H groups in total. The summed E-state index contributed by atoms with van der Waals surface area (Å²) in [5, 5.41) is 14.3. The summed E-state index contributed by atoms with van der Waals surface area (Å²) < 4.78 is 1.07. The van der Waals surface area contributed by atoms with E-state index < -0.39 is 0 Å². The zero-order chi connectivity index (χ0) is 13.2. The molecule has 0 radical (unpaired) electrons. The fourth-order valence-electron chi connectivity index (χ4n) is 1.76. The van der Waals surface area contributed by atoms with E-state index >= 15 is 0 Å². The number of nitrogens with zero attached hydrogens (tertiary/aromatic N) is 2. The Morgan fingerprint density at radius 2 is 2.37 bits per heavy atom. The molecule has 6 heteroatoms. The minimum atomic E-state index is -0.288. The predicted octanol–water partition coefficient (Wildman–Crippen LogP) is 2.75. The molecule has 0 fully saturated rings. The monoisotopic (exact) mass is 268 g/mol. The molecule has 0 atom stereocenters. The lowest BCUT2D eigenvalue weighted by Crippen LogP contribution is -2.12. The van der Waals surface area contributed by atoms with Gasteiger partial charge in [-0.3, -0.25) is 4.79 Å². The first kappa shape index (κ1) is 11.4. The van der Waals surface area contributed by atoms with Crippen molar-refractivity contribution < 1.29 is 4.79 Å². The third-order valence-corrected chi connectivity index (χ3v) is 3.56. The van der Waals surface area contributed by atoms with E-state index in [0.717, 1.165) is 10.1 Å². The summed E-state index contributed by atoms with van der Waals surface area (Å²) in [5.41, 5.74) is 0.762. The van der Waals surface area contributed by atoms with Crippen LogP contribution in [0.1, 0.15) is 16.1 Å². The number of carbonyl (C=O) groups is 1. The fraction of sp³-hybridized carbons (Fsp3) is 0. The van der Waals surface area contributed by atoms with E-state index in [2.05, 4.69) is 15.3 Å². The molecule has 0 aliphatic rings. The normalized spacial score (nSPS) is 10.3. The molecule has 0 aliphatic heterocycles. The predicted molar refractivity (Wildman–Crippen MR) is 73.1 cm³/mol. The second-order valence-corrected chi connectivity index (χ2v) is 4.81. The van der Waals surface area contributed by atoms with Crippen molar-refractivity contribution in [2.75, 3.05) is 5.32 Å². The van der Waals surface area contributed by atoms with Gasteiger partial charge in [-0.1, -0.05) is 0 Å². The van der Waals surface area contributed by atoms with Crippen LogP contribution in [-0.2, 0) is 0 Å². The molecule has 0 unspecified atom stereocenters. The van der Waals surface area contributed by atoms with Gasteiger partial charge in [-0.05, 0) is 23.6 Å². The summed E-state index contributed by atoms with van der Waals surface area (Å²) >= 11 is 1.59. The Labute approximate surface area is 112 Å². The maximum atomic E-state index is 12.0. The summed E-state index contributed by atoms with van der Waals surface area (Å²) in [6.07, 6.45) is 3.16. The van der Waals surface area contributed by atoms with Gasteiger partial charge >= 0.3 is 0 Å². The number of nitrogens with one attached hydrogen (secondary N) is 2. The molecular weight excluding hydrogens is 260 g/mol. The molecule has 3 heterocycles. The maximum absolute atomic E-state index is 12.0. The molecule has 0 spiro atoms. The van der Waals surface area contributed by atoms with Crippen LogP contribution in [0, 0.1) is 11.3 Å². The second kappa shape index (κ2) is 4.55. The number of anilines is 1. The van der Waals surface area contributed by atoms with Crippen molar-refractivity contribution >= 4 is 33.1 Å². The summed E-state index contributed by atoms with van der Waals surface area (Å²) in [6, 6.07) is 7.26. The minimum Gasteiger partial charge on any atom is -0.352 e. The minimum absolute atomic E-state index is 0.288. The number of carbonyl (C=O) groups excluding carboxylic acids is 1. The highest BCUT2D eigenvalue weighted by atomic mass is 32.1. The smallest absolute Gasteiger partial charge is 0.258 e. The van der Waals surface area contributed by atoms with Gasteiger partial charge < -0.3 is 10.3 Å². The molecule has 19 heavy (non-hydrogen) atoms. The van der Waals surface area contributed by atoms with Gasteiger partial charge in [-0.15, -0.1) is 11.3 Å². The summed E-state index contributed by atoms with van der Waals surface area (Å²) in [5.74, 6) is 0.243. The number of H-pyrrole nitrogens is 1. The highest BCUT2D eigenvalue weighted by Crippen LogP contribution is 2.26. The molecule has 5 nitrogen and oxygen atoms in total. The van der Waals surface area contributed by atoms with E-state index in [9.17, 15) is 4.79 Å². The van der Waals surface area contributed by atoms with Crippen LogP contribution < -0.4 is 5.32 Å². The number of rotatable bonds is 2. The van der Waals surface area contributed by atoms with Crippen LogP contribution in [0.2, 0.25) is 0 Å². The van der Waals surface area contributed by atoms with Crippen molar-refractivity contribution in [1.29, 1.82) is 5.26 Å². The average Bonchev–Trinajstić information content (AvgIpc) is 3.08. The highest BCUT2D eigenvalue weighted by Gasteiger charge is 2.11. The van der Waals surface area contributed by atoms with Gasteiger partial charge in [0, 0.05) is 22.5 Å². The standard InChI is InChI=1S/C13H8N4OS/c14-6-9-5-8(7-16-9)13(18)17-12-10-2-4-19-11(10)1-3-15-12/h1-5,7,16H,(H,15,17,18). The van der Waals surface area contributed by atoms with Crippen molar-refractivity contribution in [2.24, 2.45) is 0 Å². The van der Waals surface area contributed by atoms with Gasteiger partial charge in [-0.25, -0.2) is 4.98 Å². The van der Waals surface area contributed by atoms with Gasteiger partial charge in [0.25, 0.3) is 5.91 Å². The highest BCUT2D eigenvalue weighted by molar-refractivity contribution is 7.17. The van der Waals surface area contributed by atoms with Crippen molar-refractivity contribution in [1.82, 2.24) is 9.97 Å². The van der Waals surface area contributed by atoms with Crippen molar-refractivity contribution in [3.63, 3.8) is 0 Å². The van der Waals surface area contributed by atoms with Gasteiger partial charge in [0.1, 0.15) is 17.6 Å². The number of thiophene rings is 1. The maximum Gasteiger partial charge on any atom is 0.258 e. The van der Waals surface area contributed by atoms with Crippen LogP contribution in [0.5, 0.6) is 0 Å². The summed E-state index contributed by atoms with van der Waals surface area (Å²) in [7, 11) is 0. The van der Waals surface area contributed by atoms with Crippen LogP contribution in [0.15, 0.2) is 36.0 Å². The third kappa shape index (κ3) is 2.07. The molecule has 92 valence electrons. The number of aromatic amines is 1. The Morgan fingerprint density at radius 3 is 3.16 bits per heavy atom. The quantitative estimate of drug-likeness (QED) is 0.749. The molecule has 3 aromatic heterocycles. The van der Waals surface area contributed by atoms with Crippen molar-refractivity contribution in [2.45, 2.75) is 0 Å². The van der Waals surface area contributed by atoms with E-state index in [1.54, 1.807) is 17.5 Å². The Morgan fingerprint density at radius 1 is 1.47 bits per heavy atom. The molecule has 0 saturated heterocycles. The van der Waals surface area contributed by atoms with Gasteiger partial charge in [-0.2, -0.15) is 5.26 Å². The van der Waals surface area contributed by atoms with E-state index in [-0.39, 0.29) is 5.91 Å². The zero-order valence-corrected chi connectivity index (χ0v) is 10.5. The van der Waals surface area contributed by atoms with Gasteiger partial charge in [0.15, 0.2) is 0 Å². The third-order valence-electron chi connectivity index (χ3n) is 2.68. The average molecular weight is 268 g/mol. The zero-order valence-electron chi connectivity index (χ0n) is 9.68. The lowest BCUT2D eigenvalue weighted by atomic mass is 10.2. The molecule has 3 rings (SSSR count).